The highest BCUT2D eigenvalue weighted by Crippen LogP contribution is 2.45. The molecule has 0 amide bonds. The molecule has 0 spiro atoms. The summed E-state index contributed by atoms with van der Waals surface area (Å²) in [7, 11) is 3.23. The van der Waals surface area contributed by atoms with Crippen LogP contribution in [-0.2, 0) is 6.42 Å². The van der Waals surface area contributed by atoms with E-state index in [1.807, 2.05) is 30.0 Å². The minimum atomic E-state index is -0.632. The summed E-state index contributed by atoms with van der Waals surface area (Å²) >= 11 is 5.63. The molecule has 8 nitrogen and oxygen atoms in total. The molecule has 1 N–H and O–H groups in total. The van der Waals surface area contributed by atoms with Gasteiger partial charge in [-0.2, -0.15) is 0 Å². The van der Waals surface area contributed by atoms with E-state index in [2.05, 4.69) is 5.32 Å². The number of benzene rings is 2. The highest BCUT2D eigenvalue weighted by Gasteiger charge is 2.47. The topological polar surface area (TPSA) is 86.1 Å². The van der Waals surface area contributed by atoms with Crippen molar-refractivity contribution in [3.63, 3.8) is 0 Å². The van der Waals surface area contributed by atoms with Crippen LogP contribution in [0.4, 0.5) is 5.69 Å². The van der Waals surface area contributed by atoms with Crippen molar-refractivity contribution in [2.75, 3.05) is 20.8 Å². The molecule has 2 bridgehead atoms. The highest BCUT2D eigenvalue weighted by atomic mass is 32.1. The third-order valence-corrected chi connectivity index (χ3v) is 6.02. The first-order chi connectivity index (χ1) is 14.3. The first-order valence-electron chi connectivity index (χ1n) is 9.61. The lowest BCUT2D eigenvalue weighted by atomic mass is 9.90. The number of fused-ring (bicyclic) bond motifs is 4. The molecule has 2 aliphatic rings. The maximum Gasteiger partial charge on any atom is 0.270 e. The smallest absolute Gasteiger partial charge is 0.270 e. The van der Waals surface area contributed by atoms with Gasteiger partial charge in [-0.05, 0) is 49.3 Å². The van der Waals surface area contributed by atoms with Crippen molar-refractivity contribution in [3.8, 4) is 17.2 Å². The zero-order valence-corrected chi connectivity index (χ0v) is 17.8. The number of nitrogens with one attached hydrogen (secondary N) is 1. The molecule has 4 rings (SSSR count). The predicted molar refractivity (Wildman–Crippen MR) is 115 cm³/mol. The number of nitro groups is 1. The molecule has 2 atom stereocenters. The van der Waals surface area contributed by atoms with Crippen LogP contribution >= 0.6 is 12.2 Å². The van der Waals surface area contributed by atoms with E-state index < -0.39 is 10.6 Å². The third kappa shape index (κ3) is 3.49. The van der Waals surface area contributed by atoms with E-state index in [4.69, 9.17) is 26.4 Å². The molecule has 2 aliphatic heterocycles. The monoisotopic (exact) mass is 429 g/mol. The fourth-order valence-electron chi connectivity index (χ4n) is 4.13. The summed E-state index contributed by atoms with van der Waals surface area (Å²) in [6.07, 6.45) is 1.37. The summed E-state index contributed by atoms with van der Waals surface area (Å²) < 4.78 is 17.0. The molecule has 0 saturated carbocycles. The van der Waals surface area contributed by atoms with Crippen molar-refractivity contribution in [1.29, 1.82) is 0 Å². The van der Waals surface area contributed by atoms with Crippen molar-refractivity contribution in [3.05, 3.63) is 57.6 Å². The quantitative estimate of drug-likeness (QED) is 0.424. The molecule has 158 valence electrons. The van der Waals surface area contributed by atoms with Crippen LogP contribution < -0.4 is 19.5 Å². The van der Waals surface area contributed by atoms with Crippen molar-refractivity contribution in [1.82, 2.24) is 10.2 Å². The van der Waals surface area contributed by atoms with E-state index in [0.717, 1.165) is 17.5 Å². The summed E-state index contributed by atoms with van der Waals surface area (Å²) in [4.78, 5) is 12.8. The number of methoxy groups -OCH3 is 2. The molecule has 1 fully saturated rings. The van der Waals surface area contributed by atoms with E-state index in [1.54, 1.807) is 26.4 Å². The molecule has 2 aromatic carbocycles. The van der Waals surface area contributed by atoms with E-state index in [-0.39, 0.29) is 11.7 Å². The van der Waals surface area contributed by atoms with Gasteiger partial charge in [0.05, 0.1) is 25.2 Å². The van der Waals surface area contributed by atoms with Crippen LogP contribution in [0.5, 0.6) is 17.2 Å². The van der Waals surface area contributed by atoms with Gasteiger partial charge in [0, 0.05) is 30.7 Å². The Morgan fingerprint density at radius 2 is 2.03 bits per heavy atom. The Morgan fingerprint density at radius 1 is 1.27 bits per heavy atom. The second kappa shape index (κ2) is 7.64. The normalized spacial score (nSPS) is 21.9. The number of hydrogen-bond acceptors (Lipinski definition) is 6. The van der Waals surface area contributed by atoms with Crippen molar-refractivity contribution in [2.24, 2.45) is 0 Å². The van der Waals surface area contributed by atoms with Gasteiger partial charge in [-0.3, -0.25) is 10.1 Å². The van der Waals surface area contributed by atoms with Gasteiger partial charge in [0.1, 0.15) is 5.75 Å². The minimum absolute atomic E-state index is 0.0459. The maximum atomic E-state index is 11.1. The van der Waals surface area contributed by atoms with Crippen molar-refractivity contribution >= 4 is 23.0 Å². The number of nitrogens with zero attached hydrogens (tertiary/aromatic N) is 2. The summed E-state index contributed by atoms with van der Waals surface area (Å²) in [6.45, 7) is 2.65. The summed E-state index contributed by atoms with van der Waals surface area (Å²) in [6, 6.07) is 10.4. The number of ether oxygens (including phenoxy) is 3. The third-order valence-electron chi connectivity index (χ3n) is 5.68. The fourth-order valence-corrected chi connectivity index (χ4v) is 4.56. The molecule has 2 heterocycles. The minimum Gasteiger partial charge on any atom is -0.493 e. The Bertz CT molecular complexity index is 1010. The van der Waals surface area contributed by atoms with Gasteiger partial charge in [0.15, 0.2) is 22.3 Å². The van der Waals surface area contributed by atoms with Crippen LogP contribution in [0.15, 0.2) is 36.4 Å². The molecule has 0 aliphatic carbocycles. The van der Waals surface area contributed by atoms with E-state index in [0.29, 0.717) is 35.3 Å². The fraction of sp³-hybridized carbons (Fsp3) is 0.381. The summed E-state index contributed by atoms with van der Waals surface area (Å²) in [5.41, 5.74) is 1.27. The molecule has 1 saturated heterocycles. The number of hydrogen-bond donors (Lipinski definition) is 1. The number of thiocarbonyl (C=S) groups is 1. The van der Waals surface area contributed by atoms with Crippen LogP contribution in [0.25, 0.3) is 0 Å². The SMILES string of the molecule is COc1ccc(CCN2C(=S)N[C@H]3C[C@@]2(C)Oc2ccc([N+](=O)[O-])cc23)cc1OC. The number of nitro benzene ring substituents is 1. The van der Waals surface area contributed by atoms with Crippen LogP contribution in [0, 0.1) is 10.1 Å². The Labute approximate surface area is 179 Å². The second-order valence-corrected chi connectivity index (χ2v) is 7.94. The molecule has 0 radical (unpaired) electrons. The lowest BCUT2D eigenvalue weighted by Gasteiger charge is -2.52. The van der Waals surface area contributed by atoms with Crippen LogP contribution in [0.3, 0.4) is 0 Å². The Balaban J connectivity index is 1.55. The van der Waals surface area contributed by atoms with Crippen LogP contribution in [0.2, 0.25) is 0 Å². The lowest BCUT2D eigenvalue weighted by Crippen LogP contribution is -2.64. The van der Waals surface area contributed by atoms with E-state index in [1.165, 1.54) is 6.07 Å². The van der Waals surface area contributed by atoms with Crippen molar-refractivity contribution in [2.45, 2.75) is 31.5 Å². The maximum absolute atomic E-state index is 11.1. The number of rotatable bonds is 6. The lowest BCUT2D eigenvalue weighted by molar-refractivity contribution is -0.385. The molecular formula is C21H23N3O5S. The standard InChI is InChI=1S/C21H23N3O5S/c1-21-12-16(15-11-14(24(25)26)5-7-17(15)29-21)22-20(30)23(21)9-8-13-4-6-18(27-2)19(10-13)28-3/h4-7,10-11,16H,8-9,12H2,1-3H3,(H,22,30)/t16-,21+/m0/s1. The largest absolute Gasteiger partial charge is 0.493 e. The average molecular weight is 429 g/mol. The van der Waals surface area contributed by atoms with E-state index >= 15 is 0 Å². The van der Waals surface area contributed by atoms with Crippen molar-refractivity contribution < 1.29 is 19.1 Å². The molecule has 30 heavy (non-hydrogen) atoms. The Morgan fingerprint density at radius 3 is 2.73 bits per heavy atom. The van der Waals surface area contributed by atoms with Crippen LogP contribution in [0.1, 0.15) is 30.5 Å². The zero-order chi connectivity index (χ0) is 21.5. The number of non-ortho nitro benzene ring substituents is 1. The highest BCUT2D eigenvalue weighted by molar-refractivity contribution is 7.80. The first-order valence-corrected chi connectivity index (χ1v) is 10.0. The average Bonchev–Trinajstić information content (AvgIpc) is 2.72. The second-order valence-electron chi connectivity index (χ2n) is 7.55. The van der Waals surface area contributed by atoms with E-state index in [9.17, 15) is 10.1 Å². The van der Waals surface area contributed by atoms with Gasteiger partial charge in [-0.1, -0.05) is 6.07 Å². The molecule has 2 aromatic rings. The van der Waals surface area contributed by atoms with Gasteiger partial charge >= 0.3 is 0 Å². The molecule has 9 heteroatoms. The van der Waals surface area contributed by atoms with Gasteiger partial charge in [-0.25, -0.2) is 0 Å². The zero-order valence-electron chi connectivity index (χ0n) is 17.0. The van der Waals surface area contributed by atoms with Gasteiger partial charge < -0.3 is 24.4 Å². The molecule has 0 unspecified atom stereocenters. The Hall–Kier alpha value is -3.07. The molecular weight excluding hydrogens is 406 g/mol. The van der Waals surface area contributed by atoms with Crippen LogP contribution in [-0.4, -0.2) is 41.4 Å². The first kappa shape index (κ1) is 20.2. The summed E-state index contributed by atoms with van der Waals surface area (Å²) in [5, 5.41) is 15.0. The van der Waals surface area contributed by atoms with Gasteiger partial charge in [0.25, 0.3) is 5.69 Å². The Kier molecular flexibility index (Phi) is 5.15. The molecule has 0 aromatic heterocycles. The van der Waals surface area contributed by atoms with Gasteiger partial charge in [0.2, 0.25) is 0 Å². The summed E-state index contributed by atoms with van der Waals surface area (Å²) in [5.74, 6) is 2.02. The predicted octanol–water partition coefficient (Wildman–Crippen LogP) is 3.58. The van der Waals surface area contributed by atoms with Gasteiger partial charge in [-0.15, -0.1) is 0 Å².